The number of amides is 1. The fourth-order valence-electron chi connectivity index (χ4n) is 2.82. The zero-order chi connectivity index (χ0) is 22.3. The number of rotatable bonds is 8. The number of halogens is 2. The molecule has 162 valence electrons. The van der Waals surface area contributed by atoms with E-state index in [1.165, 1.54) is 11.8 Å². The van der Waals surface area contributed by atoms with Crippen molar-refractivity contribution in [3.05, 3.63) is 87.9 Å². The van der Waals surface area contributed by atoms with E-state index in [0.717, 1.165) is 22.2 Å². The molecule has 0 bridgehead atoms. The molecule has 1 amide bonds. The second-order valence-electron chi connectivity index (χ2n) is 6.70. The van der Waals surface area contributed by atoms with Crippen molar-refractivity contribution >= 4 is 58.1 Å². The number of hydrazone groups is 1. The van der Waals surface area contributed by atoms with Gasteiger partial charge in [-0.05, 0) is 54.1 Å². The molecule has 0 saturated heterocycles. The van der Waals surface area contributed by atoms with Gasteiger partial charge >= 0.3 is 0 Å². The maximum Gasteiger partial charge on any atom is 0.250 e. The smallest absolute Gasteiger partial charge is 0.250 e. The van der Waals surface area contributed by atoms with Gasteiger partial charge in [0.2, 0.25) is 0 Å². The number of imidazole rings is 1. The average molecular weight is 485 g/mol. The first-order valence-corrected chi connectivity index (χ1v) is 11.4. The van der Waals surface area contributed by atoms with Crippen LogP contribution in [0.1, 0.15) is 11.1 Å². The summed E-state index contributed by atoms with van der Waals surface area (Å²) in [6.07, 6.45) is 1.57. The van der Waals surface area contributed by atoms with Gasteiger partial charge in [0, 0.05) is 15.6 Å². The number of ether oxygens (including phenoxy) is 1. The quantitative estimate of drug-likeness (QED) is 0.191. The van der Waals surface area contributed by atoms with E-state index in [4.69, 9.17) is 27.9 Å². The second kappa shape index (κ2) is 10.5. The van der Waals surface area contributed by atoms with Gasteiger partial charge in [-0.25, -0.2) is 10.4 Å². The third kappa shape index (κ3) is 5.82. The molecular weight excluding hydrogens is 467 g/mol. The third-order valence-electron chi connectivity index (χ3n) is 4.44. The third-order valence-corrected chi connectivity index (χ3v) is 6.02. The number of para-hydroxylation sites is 2. The molecule has 3 aromatic carbocycles. The van der Waals surface area contributed by atoms with Crippen molar-refractivity contribution in [3.63, 3.8) is 0 Å². The molecule has 0 radical (unpaired) electrons. The van der Waals surface area contributed by atoms with E-state index >= 15 is 0 Å². The fourth-order valence-corrected chi connectivity index (χ4v) is 4.00. The van der Waals surface area contributed by atoms with Crippen molar-refractivity contribution in [3.8, 4) is 5.75 Å². The Balaban J connectivity index is 1.24. The van der Waals surface area contributed by atoms with Crippen molar-refractivity contribution in [1.29, 1.82) is 0 Å². The minimum absolute atomic E-state index is 0.203. The van der Waals surface area contributed by atoms with E-state index in [1.54, 1.807) is 24.4 Å². The molecule has 0 unspecified atom stereocenters. The molecule has 4 rings (SSSR count). The number of H-pyrrole nitrogens is 1. The molecule has 32 heavy (non-hydrogen) atoms. The molecule has 0 saturated carbocycles. The van der Waals surface area contributed by atoms with E-state index in [9.17, 15) is 4.79 Å². The van der Waals surface area contributed by atoms with Gasteiger partial charge in [-0.3, -0.25) is 4.79 Å². The van der Waals surface area contributed by atoms with E-state index in [1.807, 2.05) is 48.5 Å². The molecule has 0 aliphatic heterocycles. The zero-order valence-electron chi connectivity index (χ0n) is 16.7. The number of hydrogen-bond donors (Lipinski definition) is 2. The lowest BCUT2D eigenvalue weighted by Gasteiger charge is -2.09. The molecule has 0 atom stereocenters. The van der Waals surface area contributed by atoms with E-state index < -0.39 is 0 Å². The summed E-state index contributed by atoms with van der Waals surface area (Å²) in [5.74, 6) is 0.654. The SMILES string of the molecule is O=C(CSc1nc2ccccc2[nH]1)N/N=C\c1ccc(OCc2c(Cl)cccc2Cl)cc1. The average Bonchev–Trinajstić information content (AvgIpc) is 3.21. The van der Waals surface area contributed by atoms with Crippen LogP contribution in [-0.4, -0.2) is 27.8 Å². The first kappa shape index (κ1) is 22.2. The number of fused-ring (bicyclic) bond motifs is 1. The van der Waals surface area contributed by atoms with Crippen LogP contribution in [0.2, 0.25) is 10.0 Å². The second-order valence-corrected chi connectivity index (χ2v) is 8.48. The number of thioether (sulfide) groups is 1. The summed E-state index contributed by atoms with van der Waals surface area (Å²) in [5, 5.41) is 5.82. The molecule has 0 aliphatic carbocycles. The lowest BCUT2D eigenvalue weighted by Crippen LogP contribution is -2.19. The zero-order valence-corrected chi connectivity index (χ0v) is 19.0. The molecule has 1 heterocycles. The topological polar surface area (TPSA) is 79.4 Å². The lowest BCUT2D eigenvalue weighted by atomic mass is 10.2. The summed E-state index contributed by atoms with van der Waals surface area (Å²) >= 11 is 13.6. The van der Waals surface area contributed by atoms with Gasteiger partial charge < -0.3 is 9.72 Å². The Hall–Kier alpha value is -3.00. The van der Waals surface area contributed by atoms with Gasteiger partial charge in [0.05, 0.1) is 23.0 Å². The van der Waals surface area contributed by atoms with Crippen LogP contribution in [0.5, 0.6) is 5.75 Å². The highest BCUT2D eigenvalue weighted by atomic mass is 35.5. The van der Waals surface area contributed by atoms with Crippen molar-refractivity contribution < 1.29 is 9.53 Å². The monoisotopic (exact) mass is 484 g/mol. The van der Waals surface area contributed by atoms with Crippen LogP contribution in [0.15, 0.2) is 77.0 Å². The number of carbonyl (C=O) groups is 1. The predicted octanol–water partition coefficient (Wildman–Crippen LogP) is 5.69. The maximum absolute atomic E-state index is 12.0. The minimum atomic E-state index is -0.219. The van der Waals surface area contributed by atoms with Crippen molar-refractivity contribution in [2.24, 2.45) is 5.10 Å². The Morgan fingerprint density at radius 1 is 1.06 bits per heavy atom. The molecule has 0 fully saturated rings. The fraction of sp³-hybridized carbons (Fsp3) is 0.0870. The summed E-state index contributed by atoms with van der Waals surface area (Å²) in [6.45, 7) is 0.269. The number of aromatic nitrogens is 2. The standard InChI is InChI=1S/C23H18Cl2N4O2S/c24-18-4-3-5-19(25)17(18)13-31-16-10-8-15(9-11-16)12-26-29-22(30)14-32-23-27-20-6-1-2-7-21(20)28-23/h1-12H,13-14H2,(H,27,28)(H,29,30)/b26-12-. The molecule has 9 heteroatoms. The molecule has 2 N–H and O–H groups in total. The number of benzene rings is 3. The Morgan fingerprint density at radius 3 is 2.56 bits per heavy atom. The minimum Gasteiger partial charge on any atom is -0.489 e. The van der Waals surface area contributed by atoms with Gasteiger partial charge in [-0.2, -0.15) is 5.10 Å². The normalized spacial score (nSPS) is 11.2. The molecule has 0 spiro atoms. The van der Waals surface area contributed by atoms with Crippen LogP contribution >= 0.6 is 35.0 Å². The summed E-state index contributed by atoms with van der Waals surface area (Å²) in [7, 11) is 0. The Kier molecular flexibility index (Phi) is 7.32. The van der Waals surface area contributed by atoms with Gasteiger partial charge in [-0.15, -0.1) is 0 Å². The first-order chi connectivity index (χ1) is 15.6. The number of carbonyl (C=O) groups excluding carboxylic acids is 1. The summed E-state index contributed by atoms with van der Waals surface area (Å²) < 4.78 is 5.75. The largest absolute Gasteiger partial charge is 0.489 e. The van der Waals surface area contributed by atoms with E-state index in [0.29, 0.717) is 21.0 Å². The van der Waals surface area contributed by atoms with Crippen molar-refractivity contribution in [2.45, 2.75) is 11.8 Å². The first-order valence-electron chi connectivity index (χ1n) is 9.64. The maximum atomic E-state index is 12.0. The lowest BCUT2D eigenvalue weighted by molar-refractivity contribution is -0.118. The van der Waals surface area contributed by atoms with E-state index in [2.05, 4.69) is 20.5 Å². The highest BCUT2D eigenvalue weighted by Crippen LogP contribution is 2.26. The number of aromatic amines is 1. The number of hydrogen-bond acceptors (Lipinski definition) is 5. The van der Waals surface area contributed by atoms with Crippen LogP contribution in [0.25, 0.3) is 11.0 Å². The highest BCUT2D eigenvalue weighted by Gasteiger charge is 2.07. The molecule has 6 nitrogen and oxygen atoms in total. The summed E-state index contributed by atoms with van der Waals surface area (Å²) in [4.78, 5) is 19.6. The number of nitrogens with zero attached hydrogens (tertiary/aromatic N) is 2. The van der Waals surface area contributed by atoms with Gasteiger partial charge in [0.25, 0.3) is 5.91 Å². The Bertz CT molecular complexity index is 1210. The van der Waals surface area contributed by atoms with Crippen LogP contribution < -0.4 is 10.2 Å². The molecule has 0 aliphatic rings. The van der Waals surface area contributed by atoms with Gasteiger partial charge in [0.1, 0.15) is 12.4 Å². The number of nitrogens with one attached hydrogen (secondary N) is 2. The van der Waals surface area contributed by atoms with Gasteiger partial charge in [-0.1, -0.05) is 53.2 Å². The predicted molar refractivity (Wildman–Crippen MR) is 130 cm³/mol. The van der Waals surface area contributed by atoms with Crippen LogP contribution in [0.3, 0.4) is 0 Å². The van der Waals surface area contributed by atoms with Crippen LogP contribution in [0, 0.1) is 0 Å². The van der Waals surface area contributed by atoms with Crippen molar-refractivity contribution in [2.75, 3.05) is 5.75 Å². The highest BCUT2D eigenvalue weighted by molar-refractivity contribution is 7.99. The van der Waals surface area contributed by atoms with Gasteiger partial charge in [0.15, 0.2) is 5.16 Å². The van der Waals surface area contributed by atoms with Crippen LogP contribution in [0.4, 0.5) is 0 Å². The van der Waals surface area contributed by atoms with Crippen LogP contribution in [-0.2, 0) is 11.4 Å². The Morgan fingerprint density at radius 2 is 1.81 bits per heavy atom. The molecule has 4 aromatic rings. The van der Waals surface area contributed by atoms with Crippen molar-refractivity contribution in [1.82, 2.24) is 15.4 Å². The summed E-state index contributed by atoms with van der Waals surface area (Å²) in [6, 6.07) is 20.3. The Labute approximate surface area is 199 Å². The summed E-state index contributed by atoms with van der Waals surface area (Å²) in [5.41, 5.74) is 5.89. The van der Waals surface area contributed by atoms with E-state index in [-0.39, 0.29) is 18.3 Å². The molecular formula is C23H18Cl2N4O2S. The molecule has 1 aromatic heterocycles.